The molecule has 112 valence electrons. The second kappa shape index (κ2) is 5.04. The largest absolute Gasteiger partial charge is 0.399 e. The van der Waals surface area contributed by atoms with Gasteiger partial charge in [0, 0.05) is 30.2 Å². The van der Waals surface area contributed by atoms with Crippen LogP contribution in [0.25, 0.3) is 10.9 Å². The van der Waals surface area contributed by atoms with Crippen molar-refractivity contribution in [2.75, 3.05) is 32.9 Å². The third kappa shape index (κ3) is 2.35. The van der Waals surface area contributed by atoms with Gasteiger partial charge >= 0.3 is 0 Å². The molecule has 1 aliphatic heterocycles. The topological polar surface area (TPSA) is 78.2 Å². The summed E-state index contributed by atoms with van der Waals surface area (Å²) in [5.74, 6) is 0.433. The molecular formula is C15H21N5O. The number of H-pyrrole nitrogens is 1. The predicted molar refractivity (Wildman–Crippen MR) is 83.0 cm³/mol. The molecule has 1 saturated heterocycles. The average Bonchev–Trinajstić information content (AvgIpc) is 3.01. The number of aromatic nitrogens is 2. The number of hydrogen-bond donors (Lipinski definition) is 2. The molecule has 1 fully saturated rings. The van der Waals surface area contributed by atoms with Crippen molar-refractivity contribution in [1.82, 2.24) is 20.0 Å². The molecule has 21 heavy (non-hydrogen) atoms. The Bertz CT molecular complexity index is 678. The van der Waals surface area contributed by atoms with Crippen LogP contribution in [0.1, 0.15) is 17.4 Å². The van der Waals surface area contributed by atoms with E-state index in [1.807, 2.05) is 11.0 Å². The van der Waals surface area contributed by atoms with E-state index in [1.54, 1.807) is 12.1 Å². The molecule has 1 aromatic carbocycles. The van der Waals surface area contributed by atoms with E-state index in [2.05, 4.69) is 36.1 Å². The number of nitrogens with two attached hydrogens (primary N) is 1. The Morgan fingerprint density at radius 1 is 1.43 bits per heavy atom. The monoisotopic (exact) mass is 287 g/mol. The SMILES string of the molecule is CC1CN(C(=O)c2n[nH]c3ccc(N)cc23)CC1N(C)C. The van der Waals surface area contributed by atoms with Crippen molar-refractivity contribution in [3.8, 4) is 0 Å². The molecule has 1 amide bonds. The fraction of sp³-hybridized carbons (Fsp3) is 0.467. The molecule has 1 aromatic heterocycles. The van der Waals surface area contributed by atoms with Crippen molar-refractivity contribution >= 4 is 22.5 Å². The quantitative estimate of drug-likeness (QED) is 0.813. The molecule has 1 aliphatic rings. The van der Waals surface area contributed by atoms with Crippen LogP contribution < -0.4 is 5.73 Å². The van der Waals surface area contributed by atoms with Crippen LogP contribution in [-0.4, -0.2) is 59.1 Å². The van der Waals surface area contributed by atoms with Gasteiger partial charge in [-0.25, -0.2) is 0 Å². The molecular weight excluding hydrogens is 266 g/mol. The first-order valence-electron chi connectivity index (χ1n) is 7.16. The fourth-order valence-corrected chi connectivity index (χ4v) is 3.13. The van der Waals surface area contributed by atoms with Crippen molar-refractivity contribution in [2.45, 2.75) is 13.0 Å². The van der Waals surface area contributed by atoms with E-state index in [0.717, 1.165) is 24.0 Å². The fourth-order valence-electron chi connectivity index (χ4n) is 3.13. The van der Waals surface area contributed by atoms with Crippen molar-refractivity contribution in [2.24, 2.45) is 5.92 Å². The summed E-state index contributed by atoms with van der Waals surface area (Å²) in [6.07, 6.45) is 0. The number of rotatable bonds is 2. The first-order valence-corrected chi connectivity index (χ1v) is 7.16. The van der Waals surface area contributed by atoms with Crippen LogP contribution in [0.2, 0.25) is 0 Å². The number of carbonyl (C=O) groups is 1. The van der Waals surface area contributed by atoms with Gasteiger partial charge < -0.3 is 15.5 Å². The van der Waals surface area contributed by atoms with Gasteiger partial charge in [-0.3, -0.25) is 9.89 Å². The summed E-state index contributed by atoms with van der Waals surface area (Å²) in [6.45, 7) is 3.68. The summed E-state index contributed by atoms with van der Waals surface area (Å²) in [7, 11) is 4.11. The first kappa shape index (κ1) is 13.9. The number of aromatic amines is 1. The molecule has 2 atom stereocenters. The molecule has 3 rings (SSSR count). The van der Waals surface area contributed by atoms with E-state index in [1.165, 1.54) is 0 Å². The van der Waals surface area contributed by atoms with E-state index in [9.17, 15) is 4.79 Å². The second-order valence-corrected chi connectivity index (χ2v) is 6.10. The lowest BCUT2D eigenvalue weighted by Crippen LogP contribution is -2.35. The molecule has 6 nitrogen and oxygen atoms in total. The van der Waals surface area contributed by atoms with E-state index in [-0.39, 0.29) is 5.91 Å². The zero-order valence-electron chi connectivity index (χ0n) is 12.6. The Hall–Kier alpha value is -2.08. The highest BCUT2D eigenvalue weighted by atomic mass is 16.2. The number of likely N-dealkylation sites (tertiary alicyclic amines) is 1. The van der Waals surface area contributed by atoms with Crippen LogP contribution in [0.4, 0.5) is 5.69 Å². The van der Waals surface area contributed by atoms with Crippen molar-refractivity contribution < 1.29 is 4.79 Å². The minimum Gasteiger partial charge on any atom is -0.399 e. The summed E-state index contributed by atoms with van der Waals surface area (Å²) in [6, 6.07) is 5.84. The van der Waals surface area contributed by atoms with E-state index < -0.39 is 0 Å². The van der Waals surface area contributed by atoms with Gasteiger partial charge in [0.15, 0.2) is 5.69 Å². The lowest BCUT2D eigenvalue weighted by molar-refractivity contribution is 0.0777. The number of hydrogen-bond acceptors (Lipinski definition) is 4. The van der Waals surface area contributed by atoms with E-state index in [4.69, 9.17) is 5.73 Å². The third-order valence-electron chi connectivity index (χ3n) is 4.31. The van der Waals surface area contributed by atoms with Gasteiger partial charge in [-0.05, 0) is 38.2 Å². The van der Waals surface area contributed by atoms with Gasteiger partial charge in [-0.15, -0.1) is 0 Å². The highest BCUT2D eigenvalue weighted by Gasteiger charge is 2.35. The molecule has 2 unspecified atom stereocenters. The molecule has 2 heterocycles. The molecule has 0 aliphatic carbocycles. The summed E-state index contributed by atoms with van der Waals surface area (Å²) in [4.78, 5) is 16.8. The Kier molecular flexibility index (Phi) is 3.33. The maximum Gasteiger partial charge on any atom is 0.275 e. The molecule has 0 radical (unpaired) electrons. The Labute approximate surface area is 123 Å². The number of amides is 1. The summed E-state index contributed by atoms with van der Waals surface area (Å²) in [5.41, 5.74) is 7.75. The molecule has 2 aromatic rings. The van der Waals surface area contributed by atoms with Gasteiger partial charge in [-0.2, -0.15) is 5.10 Å². The number of nitrogens with one attached hydrogen (secondary N) is 1. The Balaban J connectivity index is 1.90. The van der Waals surface area contributed by atoms with Crippen molar-refractivity contribution in [3.05, 3.63) is 23.9 Å². The van der Waals surface area contributed by atoms with Gasteiger partial charge in [0.2, 0.25) is 0 Å². The van der Waals surface area contributed by atoms with Crippen molar-refractivity contribution in [1.29, 1.82) is 0 Å². The standard InChI is InChI=1S/C15H21N5O/c1-9-7-20(8-13(9)19(2)3)15(21)14-11-6-10(16)4-5-12(11)17-18-14/h4-6,9,13H,7-8,16H2,1-3H3,(H,17,18). The predicted octanol–water partition coefficient (Wildman–Crippen LogP) is 1.17. The molecule has 0 spiro atoms. The lowest BCUT2D eigenvalue weighted by atomic mass is 10.1. The number of nitrogen functional groups attached to an aromatic ring is 1. The van der Waals surface area contributed by atoms with E-state index in [0.29, 0.717) is 23.3 Å². The zero-order chi connectivity index (χ0) is 15.1. The van der Waals surface area contributed by atoms with Gasteiger partial charge in [0.1, 0.15) is 0 Å². The van der Waals surface area contributed by atoms with Crippen molar-refractivity contribution in [3.63, 3.8) is 0 Å². The number of benzene rings is 1. The van der Waals surface area contributed by atoms with Crippen LogP contribution in [0.15, 0.2) is 18.2 Å². The smallest absolute Gasteiger partial charge is 0.275 e. The van der Waals surface area contributed by atoms with Crippen LogP contribution in [0.3, 0.4) is 0 Å². The van der Waals surface area contributed by atoms with Crippen LogP contribution in [-0.2, 0) is 0 Å². The van der Waals surface area contributed by atoms with Gasteiger partial charge in [0.05, 0.1) is 5.52 Å². The number of nitrogens with zero attached hydrogens (tertiary/aromatic N) is 3. The second-order valence-electron chi connectivity index (χ2n) is 6.10. The number of fused-ring (bicyclic) bond motifs is 1. The van der Waals surface area contributed by atoms with Crippen LogP contribution in [0, 0.1) is 5.92 Å². The maximum absolute atomic E-state index is 12.7. The normalized spacial score (nSPS) is 22.4. The number of likely N-dealkylation sites (N-methyl/N-ethyl adjacent to an activating group) is 1. The molecule has 0 saturated carbocycles. The van der Waals surface area contributed by atoms with Gasteiger partial charge in [-0.1, -0.05) is 6.92 Å². The maximum atomic E-state index is 12.7. The highest BCUT2D eigenvalue weighted by Crippen LogP contribution is 2.25. The number of anilines is 1. The lowest BCUT2D eigenvalue weighted by Gasteiger charge is -2.22. The highest BCUT2D eigenvalue weighted by molar-refractivity contribution is 6.05. The molecule has 6 heteroatoms. The van der Waals surface area contributed by atoms with Gasteiger partial charge in [0.25, 0.3) is 5.91 Å². The summed E-state index contributed by atoms with van der Waals surface area (Å²) >= 11 is 0. The minimum atomic E-state index is -0.0250. The van der Waals surface area contributed by atoms with E-state index >= 15 is 0 Å². The molecule has 0 bridgehead atoms. The van der Waals surface area contributed by atoms with Crippen LogP contribution >= 0.6 is 0 Å². The zero-order valence-corrected chi connectivity index (χ0v) is 12.6. The molecule has 3 N–H and O–H groups in total. The summed E-state index contributed by atoms with van der Waals surface area (Å²) in [5, 5.41) is 7.88. The Morgan fingerprint density at radius 3 is 2.86 bits per heavy atom. The summed E-state index contributed by atoms with van der Waals surface area (Å²) < 4.78 is 0. The minimum absolute atomic E-state index is 0.0250. The third-order valence-corrected chi connectivity index (χ3v) is 4.31. The first-order chi connectivity index (χ1) is 9.97. The Morgan fingerprint density at radius 2 is 2.19 bits per heavy atom. The average molecular weight is 287 g/mol. The van der Waals surface area contributed by atoms with Crippen LogP contribution in [0.5, 0.6) is 0 Å². The number of carbonyl (C=O) groups excluding carboxylic acids is 1.